The van der Waals surface area contributed by atoms with E-state index in [0.717, 1.165) is 23.4 Å². The Morgan fingerprint density at radius 2 is 2.00 bits per heavy atom. The molecule has 1 aliphatic carbocycles. The molecule has 1 rings (SSSR count). The van der Waals surface area contributed by atoms with Gasteiger partial charge in [0, 0.05) is 0 Å². The monoisotopic (exact) mass is 172 g/mol. The van der Waals surface area contributed by atoms with Crippen LogP contribution in [0.4, 0.5) is 0 Å². The van der Waals surface area contributed by atoms with Crippen LogP contribution in [0.2, 0.25) is 0 Å². The SMILES string of the molecule is CC(C)CC1CC(C)CC1P. The van der Waals surface area contributed by atoms with Crippen molar-refractivity contribution in [2.75, 3.05) is 0 Å². The molecule has 0 N–H and O–H groups in total. The van der Waals surface area contributed by atoms with E-state index in [9.17, 15) is 0 Å². The molecular weight excluding hydrogens is 151 g/mol. The Kier molecular flexibility index (Phi) is 3.37. The summed E-state index contributed by atoms with van der Waals surface area (Å²) in [6.07, 6.45) is 4.33. The molecule has 1 fully saturated rings. The minimum absolute atomic E-state index is 0.883. The van der Waals surface area contributed by atoms with E-state index in [4.69, 9.17) is 0 Å². The van der Waals surface area contributed by atoms with Crippen LogP contribution in [0, 0.1) is 17.8 Å². The van der Waals surface area contributed by atoms with Crippen LogP contribution in [-0.4, -0.2) is 5.66 Å². The highest BCUT2D eigenvalue weighted by atomic mass is 31.0. The Morgan fingerprint density at radius 1 is 1.36 bits per heavy atom. The quantitative estimate of drug-likeness (QED) is 0.560. The number of hydrogen-bond donors (Lipinski definition) is 0. The van der Waals surface area contributed by atoms with E-state index in [-0.39, 0.29) is 0 Å². The van der Waals surface area contributed by atoms with Crippen LogP contribution >= 0.6 is 9.24 Å². The molecule has 4 unspecified atom stereocenters. The van der Waals surface area contributed by atoms with Gasteiger partial charge in [-0.25, -0.2) is 0 Å². The Balaban J connectivity index is 2.34. The van der Waals surface area contributed by atoms with Crippen molar-refractivity contribution in [2.45, 2.75) is 45.7 Å². The van der Waals surface area contributed by atoms with Gasteiger partial charge < -0.3 is 0 Å². The molecule has 66 valence electrons. The lowest BCUT2D eigenvalue weighted by molar-refractivity contribution is 0.413. The van der Waals surface area contributed by atoms with Gasteiger partial charge in [0.2, 0.25) is 0 Å². The van der Waals surface area contributed by atoms with E-state index in [2.05, 4.69) is 30.0 Å². The normalized spacial score (nSPS) is 38.5. The van der Waals surface area contributed by atoms with Crippen LogP contribution in [0.3, 0.4) is 0 Å². The lowest BCUT2D eigenvalue weighted by Gasteiger charge is -2.16. The Bertz CT molecular complexity index is 120. The first-order valence-corrected chi connectivity index (χ1v) is 5.51. The largest absolute Gasteiger partial charge is 0.134 e. The molecule has 0 saturated heterocycles. The highest BCUT2D eigenvalue weighted by Gasteiger charge is 2.28. The van der Waals surface area contributed by atoms with Crippen molar-refractivity contribution in [1.29, 1.82) is 0 Å². The van der Waals surface area contributed by atoms with Crippen molar-refractivity contribution in [3.05, 3.63) is 0 Å². The van der Waals surface area contributed by atoms with Crippen LogP contribution in [0.1, 0.15) is 40.0 Å². The third-order valence-corrected chi connectivity index (χ3v) is 3.58. The molecule has 0 heterocycles. The third-order valence-electron chi connectivity index (χ3n) is 2.76. The van der Waals surface area contributed by atoms with E-state index in [1.165, 1.54) is 19.3 Å². The standard InChI is InChI=1S/C10H21P/c1-7(2)4-9-5-8(3)6-10(9)11/h7-10H,4-6,11H2,1-3H3. The molecule has 0 aromatic rings. The minimum atomic E-state index is 0.883. The Hall–Kier alpha value is 0.430. The highest BCUT2D eigenvalue weighted by Crippen LogP contribution is 2.39. The first-order valence-electron chi connectivity index (χ1n) is 4.85. The molecule has 0 aliphatic heterocycles. The van der Waals surface area contributed by atoms with Crippen molar-refractivity contribution in [3.8, 4) is 0 Å². The highest BCUT2D eigenvalue weighted by molar-refractivity contribution is 7.17. The predicted octanol–water partition coefficient (Wildman–Crippen LogP) is 3.32. The smallest absolute Gasteiger partial charge is 0.0233 e. The fraction of sp³-hybridized carbons (Fsp3) is 1.00. The molecule has 1 saturated carbocycles. The van der Waals surface area contributed by atoms with E-state index >= 15 is 0 Å². The van der Waals surface area contributed by atoms with E-state index in [1.807, 2.05) is 0 Å². The summed E-state index contributed by atoms with van der Waals surface area (Å²) in [6.45, 7) is 7.05. The predicted molar refractivity (Wildman–Crippen MR) is 54.8 cm³/mol. The summed E-state index contributed by atoms with van der Waals surface area (Å²) in [5.41, 5.74) is 0.910. The molecule has 0 nitrogen and oxygen atoms in total. The van der Waals surface area contributed by atoms with Crippen molar-refractivity contribution in [1.82, 2.24) is 0 Å². The van der Waals surface area contributed by atoms with Crippen LogP contribution in [-0.2, 0) is 0 Å². The maximum atomic E-state index is 3.03. The summed E-state index contributed by atoms with van der Waals surface area (Å²) >= 11 is 0. The molecular formula is C10H21P. The summed E-state index contributed by atoms with van der Waals surface area (Å²) in [5.74, 6) is 2.85. The zero-order valence-electron chi connectivity index (χ0n) is 8.01. The van der Waals surface area contributed by atoms with Gasteiger partial charge in [-0.05, 0) is 42.7 Å². The maximum absolute atomic E-state index is 3.03. The zero-order valence-corrected chi connectivity index (χ0v) is 9.16. The molecule has 0 radical (unpaired) electrons. The summed E-state index contributed by atoms with van der Waals surface area (Å²) in [4.78, 5) is 0. The van der Waals surface area contributed by atoms with Gasteiger partial charge in [-0.3, -0.25) is 0 Å². The van der Waals surface area contributed by atoms with E-state index < -0.39 is 0 Å². The molecule has 1 aliphatic rings. The lowest BCUT2D eigenvalue weighted by Crippen LogP contribution is -2.08. The Morgan fingerprint density at radius 3 is 2.36 bits per heavy atom. The van der Waals surface area contributed by atoms with Crippen molar-refractivity contribution in [2.24, 2.45) is 17.8 Å². The average molecular weight is 172 g/mol. The van der Waals surface area contributed by atoms with Crippen molar-refractivity contribution in [3.63, 3.8) is 0 Å². The van der Waals surface area contributed by atoms with Gasteiger partial charge in [0.1, 0.15) is 0 Å². The van der Waals surface area contributed by atoms with Gasteiger partial charge >= 0.3 is 0 Å². The summed E-state index contributed by atoms with van der Waals surface area (Å²) in [5, 5.41) is 0. The van der Waals surface area contributed by atoms with Crippen LogP contribution in [0.25, 0.3) is 0 Å². The molecule has 0 spiro atoms. The molecule has 0 aromatic carbocycles. The van der Waals surface area contributed by atoms with Gasteiger partial charge in [0.25, 0.3) is 0 Å². The van der Waals surface area contributed by atoms with Crippen LogP contribution in [0.5, 0.6) is 0 Å². The Labute approximate surface area is 73.3 Å². The van der Waals surface area contributed by atoms with Gasteiger partial charge in [0.15, 0.2) is 0 Å². The molecule has 11 heavy (non-hydrogen) atoms. The van der Waals surface area contributed by atoms with E-state index in [1.54, 1.807) is 0 Å². The maximum Gasteiger partial charge on any atom is -0.0233 e. The fourth-order valence-corrected chi connectivity index (χ4v) is 3.10. The van der Waals surface area contributed by atoms with Crippen LogP contribution < -0.4 is 0 Å². The first kappa shape index (κ1) is 9.52. The number of rotatable bonds is 2. The lowest BCUT2D eigenvalue weighted by atomic mass is 9.95. The van der Waals surface area contributed by atoms with Crippen molar-refractivity contribution >= 4 is 9.24 Å². The zero-order chi connectivity index (χ0) is 8.43. The molecule has 0 aromatic heterocycles. The summed E-state index contributed by atoms with van der Waals surface area (Å²) < 4.78 is 0. The average Bonchev–Trinajstić information content (AvgIpc) is 2.09. The summed E-state index contributed by atoms with van der Waals surface area (Å²) in [6, 6.07) is 0. The molecule has 0 amide bonds. The molecule has 0 bridgehead atoms. The van der Waals surface area contributed by atoms with Gasteiger partial charge in [-0.1, -0.05) is 20.8 Å². The van der Waals surface area contributed by atoms with Gasteiger partial charge in [-0.2, -0.15) is 0 Å². The fourth-order valence-electron chi connectivity index (χ4n) is 2.32. The van der Waals surface area contributed by atoms with Crippen molar-refractivity contribution < 1.29 is 0 Å². The number of hydrogen-bond acceptors (Lipinski definition) is 0. The molecule has 1 heteroatoms. The van der Waals surface area contributed by atoms with Crippen LogP contribution in [0.15, 0.2) is 0 Å². The topological polar surface area (TPSA) is 0 Å². The first-order chi connectivity index (χ1) is 5.09. The summed E-state index contributed by atoms with van der Waals surface area (Å²) in [7, 11) is 3.03. The van der Waals surface area contributed by atoms with E-state index in [0.29, 0.717) is 0 Å². The minimum Gasteiger partial charge on any atom is -0.134 e. The van der Waals surface area contributed by atoms with Gasteiger partial charge in [-0.15, -0.1) is 9.24 Å². The third kappa shape index (κ3) is 2.75. The second kappa shape index (κ2) is 3.90. The molecule has 4 atom stereocenters. The second-order valence-electron chi connectivity index (χ2n) is 4.63. The second-order valence-corrected chi connectivity index (χ2v) is 5.49. The van der Waals surface area contributed by atoms with Gasteiger partial charge in [0.05, 0.1) is 0 Å².